The van der Waals surface area contributed by atoms with Gasteiger partial charge in [-0.05, 0) is 30.3 Å². The number of benzene rings is 1. The third-order valence-electron chi connectivity index (χ3n) is 3.08. The second-order valence-corrected chi connectivity index (χ2v) is 4.31. The second-order valence-electron chi connectivity index (χ2n) is 4.31. The lowest BCUT2D eigenvalue weighted by Gasteiger charge is -2.07. The molecule has 6 heteroatoms. The number of methoxy groups -OCH3 is 2. The van der Waals surface area contributed by atoms with Gasteiger partial charge < -0.3 is 9.47 Å². The van der Waals surface area contributed by atoms with Crippen LogP contribution < -0.4 is 9.47 Å². The molecule has 0 aliphatic carbocycles. The fourth-order valence-electron chi connectivity index (χ4n) is 2.01. The van der Waals surface area contributed by atoms with Crippen LogP contribution in [0.25, 0.3) is 22.8 Å². The van der Waals surface area contributed by atoms with Crippen LogP contribution in [0.15, 0.2) is 42.7 Å². The lowest BCUT2D eigenvalue weighted by molar-refractivity contribution is 0.355. The van der Waals surface area contributed by atoms with Gasteiger partial charge in [-0.15, -0.1) is 0 Å². The van der Waals surface area contributed by atoms with Crippen molar-refractivity contribution in [3.05, 3.63) is 42.7 Å². The maximum atomic E-state index is 5.29. The smallest absolute Gasteiger partial charge is 0.181 e. The number of nitrogens with one attached hydrogen (secondary N) is 1. The Morgan fingerprint density at radius 3 is 2.38 bits per heavy atom. The topological polar surface area (TPSA) is 72.9 Å². The van der Waals surface area contributed by atoms with E-state index in [1.54, 1.807) is 26.6 Å². The molecule has 1 N–H and O–H groups in total. The standard InChI is InChI=1S/C15H14N4O2/c1-20-12-4-3-11(9-13(12)21-2)15-17-14(18-19-15)10-5-7-16-8-6-10/h3-9H,1-2H3,(H,17,18,19). The summed E-state index contributed by atoms with van der Waals surface area (Å²) in [6.45, 7) is 0. The Kier molecular flexibility index (Phi) is 3.51. The Bertz CT molecular complexity index is 740. The summed E-state index contributed by atoms with van der Waals surface area (Å²) in [6.07, 6.45) is 3.43. The molecule has 1 aromatic carbocycles. The zero-order chi connectivity index (χ0) is 14.7. The molecule has 0 aliphatic heterocycles. The summed E-state index contributed by atoms with van der Waals surface area (Å²) in [4.78, 5) is 8.48. The first kappa shape index (κ1) is 13.1. The molecular formula is C15H14N4O2. The predicted molar refractivity (Wildman–Crippen MR) is 78.2 cm³/mol. The van der Waals surface area contributed by atoms with Crippen LogP contribution in [0.5, 0.6) is 11.5 Å². The second kappa shape index (κ2) is 5.62. The summed E-state index contributed by atoms with van der Waals surface area (Å²) in [7, 11) is 3.20. The Morgan fingerprint density at radius 2 is 1.67 bits per heavy atom. The van der Waals surface area contributed by atoms with Crippen LogP contribution in [0.4, 0.5) is 0 Å². The van der Waals surface area contributed by atoms with Crippen LogP contribution in [-0.4, -0.2) is 34.4 Å². The largest absolute Gasteiger partial charge is 0.493 e. The number of pyridine rings is 1. The molecule has 3 aromatic rings. The Hall–Kier alpha value is -2.89. The van der Waals surface area contributed by atoms with Crippen molar-refractivity contribution in [1.82, 2.24) is 20.2 Å². The molecule has 0 amide bonds. The first-order valence-electron chi connectivity index (χ1n) is 6.37. The van der Waals surface area contributed by atoms with Crippen LogP contribution in [0.2, 0.25) is 0 Å². The van der Waals surface area contributed by atoms with Crippen molar-refractivity contribution in [3.63, 3.8) is 0 Å². The normalized spacial score (nSPS) is 10.4. The molecule has 0 radical (unpaired) electrons. The van der Waals surface area contributed by atoms with Gasteiger partial charge in [-0.1, -0.05) is 0 Å². The summed E-state index contributed by atoms with van der Waals surface area (Å²) in [5.41, 5.74) is 1.79. The number of aromatic nitrogens is 4. The number of H-pyrrole nitrogens is 1. The number of aromatic amines is 1. The van der Waals surface area contributed by atoms with E-state index in [-0.39, 0.29) is 0 Å². The quantitative estimate of drug-likeness (QED) is 0.796. The highest BCUT2D eigenvalue weighted by Crippen LogP contribution is 2.31. The van der Waals surface area contributed by atoms with E-state index in [1.807, 2.05) is 30.3 Å². The lowest BCUT2D eigenvalue weighted by atomic mass is 10.2. The number of hydrogen-bond acceptors (Lipinski definition) is 5. The number of nitrogens with zero attached hydrogens (tertiary/aromatic N) is 3. The summed E-state index contributed by atoms with van der Waals surface area (Å²) >= 11 is 0. The summed E-state index contributed by atoms with van der Waals surface area (Å²) in [5, 5.41) is 7.17. The van der Waals surface area contributed by atoms with Crippen molar-refractivity contribution in [2.24, 2.45) is 0 Å². The van der Waals surface area contributed by atoms with Gasteiger partial charge in [-0.2, -0.15) is 5.10 Å². The molecule has 0 saturated carbocycles. The van der Waals surface area contributed by atoms with E-state index >= 15 is 0 Å². The maximum Gasteiger partial charge on any atom is 0.181 e. The number of rotatable bonds is 4. The molecule has 0 spiro atoms. The highest BCUT2D eigenvalue weighted by molar-refractivity contribution is 5.64. The first-order valence-corrected chi connectivity index (χ1v) is 6.37. The molecule has 0 unspecified atom stereocenters. The van der Waals surface area contributed by atoms with Gasteiger partial charge in [0.2, 0.25) is 0 Å². The first-order chi connectivity index (χ1) is 10.3. The molecule has 0 fully saturated rings. The van der Waals surface area contributed by atoms with Gasteiger partial charge in [-0.25, -0.2) is 4.98 Å². The fourth-order valence-corrected chi connectivity index (χ4v) is 2.01. The van der Waals surface area contributed by atoms with Gasteiger partial charge in [0, 0.05) is 23.5 Å². The Balaban J connectivity index is 1.97. The molecule has 0 saturated heterocycles. The molecule has 6 nitrogen and oxygen atoms in total. The van der Waals surface area contributed by atoms with Gasteiger partial charge in [0.05, 0.1) is 14.2 Å². The Morgan fingerprint density at radius 1 is 0.905 bits per heavy atom. The van der Waals surface area contributed by atoms with Gasteiger partial charge in [0.25, 0.3) is 0 Å². The van der Waals surface area contributed by atoms with Crippen molar-refractivity contribution in [1.29, 1.82) is 0 Å². The van der Waals surface area contributed by atoms with E-state index in [0.717, 1.165) is 11.1 Å². The van der Waals surface area contributed by atoms with Gasteiger partial charge >= 0.3 is 0 Å². The van der Waals surface area contributed by atoms with Crippen LogP contribution in [0, 0.1) is 0 Å². The molecule has 106 valence electrons. The van der Waals surface area contributed by atoms with Gasteiger partial charge in [-0.3, -0.25) is 10.1 Å². The minimum Gasteiger partial charge on any atom is -0.493 e. The van der Waals surface area contributed by atoms with Gasteiger partial charge in [0.15, 0.2) is 23.1 Å². The van der Waals surface area contributed by atoms with Crippen LogP contribution in [-0.2, 0) is 0 Å². The van der Waals surface area contributed by atoms with E-state index in [4.69, 9.17) is 9.47 Å². The molecule has 2 aromatic heterocycles. The lowest BCUT2D eigenvalue weighted by Crippen LogP contribution is -1.91. The molecule has 0 aliphatic rings. The van der Waals surface area contributed by atoms with Crippen LogP contribution in [0.1, 0.15) is 0 Å². The summed E-state index contributed by atoms with van der Waals surface area (Å²) in [5.74, 6) is 2.61. The van der Waals surface area contributed by atoms with Crippen molar-refractivity contribution in [2.45, 2.75) is 0 Å². The molecule has 2 heterocycles. The molecular weight excluding hydrogens is 268 g/mol. The van der Waals surface area contributed by atoms with E-state index in [0.29, 0.717) is 23.1 Å². The highest BCUT2D eigenvalue weighted by Gasteiger charge is 2.11. The maximum absolute atomic E-state index is 5.29. The number of ether oxygens (including phenoxy) is 2. The highest BCUT2D eigenvalue weighted by atomic mass is 16.5. The predicted octanol–water partition coefficient (Wildman–Crippen LogP) is 2.55. The van der Waals surface area contributed by atoms with Gasteiger partial charge in [0.1, 0.15) is 0 Å². The number of hydrogen-bond donors (Lipinski definition) is 1. The minimum absolute atomic E-state index is 0.600. The molecule has 3 rings (SSSR count). The third kappa shape index (κ3) is 2.55. The Labute approximate surface area is 121 Å². The van der Waals surface area contributed by atoms with Crippen LogP contribution in [0.3, 0.4) is 0 Å². The monoisotopic (exact) mass is 282 g/mol. The van der Waals surface area contributed by atoms with E-state index in [1.165, 1.54) is 0 Å². The zero-order valence-electron chi connectivity index (χ0n) is 11.7. The van der Waals surface area contributed by atoms with Crippen molar-refractivity contribution < 1.29 is 9.47 Å². The summed E-state index contributed by atoms with van der Waals surface area (Å²) < 4.78 is 10.5. The van der Waals surface area contributed by atoms with Crippen molar-refractivity contribution in [3.8, 4) is 34.3 Å². The van der Waals surface area contributed by atoms with Crippen molar-refractivity contribution in [2.75, 3.05) is 14.2 Å². The third-order valence-corrected chi connectivity index (χ3v) is 3.08. The average Bonchev–Trinajstić information content (AvgIpc) is 3.05. The molecule has 21 heavy (non-hydrogen) atoms. The average molecular weight is 282 g/mol. The molecule has 0 atom stereocenters. The van der Waals surface area contributed by atoms with E-state index in [9.17, 15) is 0 Å². The molecule has 0 bridgehead atoms. The van der Waals surface area contributed by atoms with Crippen molar-refractivity contribution >= 4 is 0 Å². The summed E-state index contributed by atoms with van der Waals surface area (Å²) in [6, 6.07) is 9.31. The zero-order valence-corrected chi connectivity index (χ0v) is 11.7. The van der Waals surface area contributed by atoms with Crippen LogP contribution >= 0.6 is 0 Å². The SMILES string of the molecule is COc1ccc(-c2n[nH]c(-c3ccncc3)n2)cc1OC. The fraction of sp³-hybridized carbons (Fsp3) is 0.133. The minimum atomic E-state index is 0.600. The van der Waals surface area contributed by atoms with E-state index in [2.05, 4.69) is 20.2 Å². The van der Waals surface area contributed by atoms with E-state index < -0.39 is 0 Å².